The summed E-state index contributed by atoms with van der Waals surface area (Å²) in [5.41, 5.74) is 1.55. The third kappa shape index (κ3) is 10.3. The van der Waals surface area contributed by atoms with Crippen LogP contribution in [0.5, 0.6) is 0 Å². The molecule has 0 amide bonds. The van der Waals surface area contributed by atoms with Crippen LogP contribution < -0.4 is 0 Å². The van der Waals surface area contributed by atoms with Crippen LogP contribution in [-0.2, 0) is 9.53 Å². The van der Waals surface area contributed by atoms with Crippen LogP contribution in [0.2, 0.25) is 0 Å². The number of rotatable bonds is 6. The second-order valence-corrected chi connectivity index (χ2v) is 5.40. The van der Waals surface area contributed by atoms with Crippen molar-refractivity contribution in [2.75, 3.05) is 26.7 Å². The number of piperidine rings is 1. The van der Waals surface area contributed by atoms with E-state index in [0.29, 0.717) is 18.0 Å². The summed E-state index contributed by atoms with van der Waals surface area (Å²) in [5, 5.41) is 11.8. The lowest BCUT2D eigenvalue weighted by atomic mass is 9.93. The molecule has 0 aromatic carbocycles. The molecule has 0 aliphatic carbocycles. The summed E-state index contributed by atoms with van der Waals surface area (Å²) < 4.78 is 4.49. The van der Waals surface area contributed by atoms with Gasteiger partial charge in [0.15, 0.2) is 0 Å². The maximum Gasteiger partial charge on any atom is 0.293 e. The normalized spacial score (nSPS) is 17.3. The van der Waals surface area contributed by atoms with Crippen LogP contribution in [0.4, 0.5) is 0 Å². The molecule has 23 heavy (non-hydrogen) atoms. The number of allylic oxidation sites excluding steroid dienone is 3. The number of carbonyl (C=O) groups is 1. The molecule has 1 N–H and O–H groups in total. The monoisotopic (exact) mass is 320 g/mol. The highest BCUT2D eigenvalue weighted by Gasteiger charge is 2.18. The van der Waals surface area contributed by atoms with Crippen molar-refractivity contribution >= 4 is 12.2 Å². The maximum atomic E-state index is 9.82. The molecule has 0 saturated carbocycles. The Hall–Kier alpha value is -2.06. The molecule has 0 radical (unpaired) electrons. The zero-order chi connectivity index (χ0) is 17.5. The van der Waals surface area contributed by atoms with Gasteiger partial charge in [-0.15, -0.1) is 6.42 Å². The molecule has 0 spiro atoms. The number of nitrogens with zero attached hydrogens (tertiary/aromatic N) is 2. The van der Waals surface area contributed by atoms with Gasteiger partial charge in [-0.1, -0.05) is 30.2 Å². The summed E-state index contributed by atoms with van der Waals surface area (Å²) in [5.74, 6) is 2.93. The number of oxime groups is 1. The Balaban J connectivity index is 0.000000422. The Morgan fingerprint density at radius 2 is 2.13 bits per heavy atom. The second kappa shape index (κ2) is 13.6. The number of terminal acetylenes is 1. The first-order valence-electron chi connectivity index (χ1n) is 7.83. The van der Waals surface area contributed by atoms with Crippen molar-refractivity contribution in [3.05, 3.63) is 23.8 Å². The third-order valence-corrected chi connectivity index (χ3v) is 3.63. The van der Waals surface area contributed by atoms with Gasteiger partial charge in [-0.3, -0.25) is 4.79 Å². The fourth-order valence-electron chi connectivity index (χ4n) is 2.09. The van der Waals surface area contributed by atoms with Crippen LogP contribution in [0, 0.1) is 18.3 Å². The highest BCUT2D eigenvalue weighted by molar-refractivity contribution is 5.83. The standard InChI is InChI=1S/C10H12O2.C8H16N2O/c1-3-5-6-7-10(4-2)8-12-9-11;1-7(9-11)8-3-5-10(2)6-4-8/h2,5-7,9H,3,8H2,1H3;8,11H,3-6H2,1-2H3/b6-5-,10-7+;9-7+. The van der Waals surface area contributed by atoms with Crippen LogP contribution in [0.25, 0.3) is 0 Å². The van der Waals surface area contributed by atoms with Crippen molar-refractivity contribution in [2.24, 2.45) is 11.1 Å². The van der Waals surface area contributed by atoms with E-state index in [0.717, 1.165) is 38.1 Å². The van der Waals surface area contributed by atoms with Crippen LogP contribution in [0.15, 0.2) is 29.0 Å². The smallest absolute Gasteiger partial charge is 0.293 e. The Bertz CT molecular complexity index is 453. The largest absolute Gasteiger partial charge is 0.462 e. The molecule has 1 heterocycles. The van der Waals surface area contributed by atoms with Crippen molar-refractivity contribution in [3.8, 4) is 12.3 Å². The van der Waals surface area contributed by atoms with Crippen molar-refractivity contribution in [2.45, 2.75) is 33.1 Å². The number of hydrogen-bond donors (Lipinski definition) is 1. The molecule has 1 aliphatic rings. The summed E-state index contributed by atoms with van der Waals surface area (Å²) >= 11 is 0. The highest BCUT2D eigenvalue weighted by atomic mass is 16.5. The van der Waals surface area contributed by atoms with Crippen molar-refractivity contribution in [1.82, 2.24) is 4.90 Å². The SMILES string of the molecule is C#C/C(=C\C=C/CC)COC=O.C/C(=N\O)C1CCN(C)CC1. The minimum Gasteiger partial charge on any atom is -0.462 e. The van der Waals surface area contributed by atoms with Crippen LogP contribution in [-0.4, -0.2) is 49.0 Å². The van der Waals surface area contributed by atoms with Gasteiger partial charge in [0.1, 0.15) is 6.61 Å². The molecule has 5 heteroatoms. The van der Waals surface area contributed by atoms with Gasteiger partial charge in [-0.2, -0.15) is 0 Å². The van der Waals surface area contributed by atoms with Crippen molar-refractivity contribution < 1.29 is 14.7 Å². The number of likely N-dealkylation sites (tertiary alicyclic amines) is 1. The average Bonchev–Trinajstić information content (AvgIpc) is 2.58. The van der Waals surface area contributed by atoms with E-state index < -0.39 is 0 Å². The molecular formula is C18H28N2O3. The lowest BCUT2D eigenvalue weighted by Crippen LogP contribution is -2.32. The zero-order valence-electron chi connectivity index (χ0n) is 14.4. The molecule has 1 aliphatic heterocycles. The number of ether oxygens (including phenoxy) is 1. The Kier molecular flexibility index (Phi) is 12.4. The minimum atomic E-state index is 0.175. The lowest BCUT2D eigenvalue weighted by Gasteiger charge is -2.28. The lowest BCUT2D eigenvalue weighted by molar-refractivity contribution is -0.127. The fourth-order valence-corrected chi connectivity index (χ4v) is 2.09. The molecule has 0 bridgehead atoms. The summed E-state index contributed by atoms with van der Waals surface area (Å²) in [6.45, 7) is 6.73. The third-order valence-electron chi connectivity index (χ3n) is 3.63. The van der Waals surface area contributed by atoms with Crippen molar-refractivity contribution in [1.29, 1.82) is 0 Å². The molecule has 0 aromatic heterocycles. The maximum absolute atomic E-state index is 9.82. The summed E-state index contributed by atoms with van der Waals surface area (Å²) in [6, 6.07) is 0. The zero-order valence-corrected chi connectivity index (χ0v) is 14.4. The minimum absolute atomic E-state index is 0.175. The van der Waals surface area contributed by atoms with Gasteiger partial charge >= 0.3 is 0 Å². The Morgan fingerprint density at radius 3 is 2.61 bits per heavy atom. The molecule has 0 atom stereocenters. The van der Waals surface area contributed by atoms with Gasteiger partial charge in [0.25, 0.3) is 6.47 Å². The fraction of sp³-hybridized carbons (Fsp3) is 0.556. The van der Waals surface area contributed by atoms with Gasteiger partial charge in [0.05, 0.1) is 5.71 Å². The second-order valence-electron chi connectivity index (χ2n) is 5.40. The van der Waals surface area contributed by atoms with Crippen LogP contribution in [0.3, 0.4) is 0 Å². The van der Waals surface area contributed by atoms with E-state index in [1.54, 1.807) is 6.08 Å². The predicted molar refractivity (Wildman–Crippen MR) is 93.5 cm³/mol. The average molecular weight is 320 g/mol. The molecular weight excluding hydrogens is 292 g/mol. The van der Waals surface area contributed by atoms with E-state index in [4.69, 9.17) is 11.6 Å². The Labute approximate surface area is 139 Å². The molecule has 128 valence electrons. The number of carbonyl (C=O) groups excluding carboxylic acids is 1. The van der Waals surface area contributed by atoms with Gasteiger partial charge in [-0.25, -0.2) is 0 Å². The molecule has 0 unspecified atom stereocenters. The topological polar surface area (TPSA) is 62.1 Å². The molecule has 1 fully saturated rings. The van der Waals surface area contributed by atoms with E-state index in [2.05, 4.69) is 27.8 Å². The van der Waals surface area contributed by atoms with Gasteiger partial charge in [-0.05, 0) is 52.4 Å². The van der Waals surface area contributed by atoms with E-state index in [-0.39, 0.29) is 6.61 Å². The summed E-state index contributed by atoms with van der Waals surface area (Å²) in [7, 11) is 2.13. The quantitative estimate of drug-likeness (QED) is 0.204. The van der Waals surface area contributed by atoms with Crippen LogP contribution in [0.1, 0.15) is 33.1 Å². The van der Waals surface area contributed by atoms with Crippen LogP contribution >= 0.6 is 0 Å². The van der Waals surface area contributed by atoms with E-state index >= 15 is 0 Å². The first kappa shape index (κ1) is 20.9. The van der Waals surface area contributed by atoms with E-state index in [9.17, 15) is 4.79 Å². The summed E-state index contributed by atoms with van der Waals surface area (Å²) in [4.78, 5) is 12.1. The van der Waals surface area contributed by atoms with E-state index in [1.165, 1.54) is 0 Å². The molecule has 5 nitrogen and oxygen atoms in total. The predicted octanol–water partition coefficient (Wildman–Crippen LogP) is 2.86. The van der Waals surface area contributed by atoms with Gasteiger partial charge in [0, 0.05) is 11.5 Å². The van der Waals surface area contributed by atoms with Crippen molar-refractivity contribution in [3.63, 3.8) is 0 Å². The number of hydrogen-bond acceptors (Lipinski definition) is 5. The molecule has 1 saturated heterocycles. The van der Waals surface area contributed by atoms with Gasteiger partial charge < -0.3 is 14.8 Å². The first-order valence-corrected chi connectivity index (χ1v) is 7.83. The van der Waals surface area contributed by atoms with E-state index in [1.807, 2.05) is 26.0 Å². The first-order chi connectivity index (χ1) is 11.1. The van der Waals surface area contributed by atoms with Gasteiger partial charge in [0.2, 0.25) is 0 Å². The molecule has 0 aromatic rings. The molecule has 1 rings (SSSR count). The highest BCUT2D eigenvalue weighted by Crippen LogP contribution is 2.17. The Morgan fingerprint density at radius 1 is 1.48 bits per heavy atom. The summed E-state index contributed by atoms with van der Waals surface area (Å²) in [6.07, 6.45) is 13.9.